The number of benzene rings is 2. The van der Waals surface area contributed by atoms with E-state index < -0.39 is 5.97 Å². The highest BCUT2D eigenvalue weighted by Crippen LogP contribution is 2.37. The van der Waals surface area contributed by atoms with Gasteiger partial charge in [-0.1, -0.05) is 56.3 Å². The van der Waals surface area contributed by atoms with Crippen LogP contribution in [0.15, 0.2) is 52.3 Å². The fourth-order valence-corrected chi connectivity index (χ4v) is 3.86. The molecule has 3 aromatic rings. The number of carbonyl (C=O) groups is 1. The molecule has 5 heteroatoms. The Kier molecular flexibility index (Phi) is 4.37. The van der Waals surface area contributed by atoms with Gasteiger partial charge in [0.05, 0.1) is 0 Å². The summed E-state index contributed by atoms with van der Waals surface area (Å²) in [4.78, 5) is 16.1. The second-order valence-electron chi connectivity index (χ2n) is 6.73. The Morgan fingerprint density at radius 3 is 2.58 bits per heavy atom. The number of halogens is 1. The first kappa shape index (κ1) is 16.9. The first-order valence-corrected chi connectivity index (χ1v) is 8.77. The van der Waals surface area contributed by atoms with Crippen LogP contribution in [0.4, 0.5) is 0 Å². The van der Waals surface area contributed by atoms with Crippen LogP contribution in [0, 0.1) is 0 Å². The fourth-order valence-electron chi connectivity index (χ4n) is 2.52. The molecule has 3 rings (SSSR count). The molecule has 2 N–H and O–H groups in total. The molecule has 0 aliphatic carbocycles. The Morgan fingerprint density at radius 1 is 1.17 bits per heavy atom. The van der Waals surface area contributed by atoms with Crippen molar-refractivity contribution in [2.24, 2.45) is 0 Å². The maximum Gasteiger partial charge on any atom is 0.352 e. The molecule has 0 saturated carbocycles. The Bertz CT molecular complexity index is 925. The zero-order valence-corrected chi connectivity index (χ0v) is 15.3. The number of carboxylic acids is 1. The van der Waals surface area contributed by atoms with Crippen LogP contribution in [0.2, 0.25) is 5.02 Å². The molecule has 0 unspecified atom stereocenters. The molecule has 0 radical (unpaired) electrons. The number of aromatic carboxylic acids is 1. The van der Waals surface area contributed by atoms with Gasteiger partial charge in [0, 0.05) is 25.7 Å². The molecule has 24 heavy (non-hydrogen) atoms. The highest BCUT2D eigenvalue weighted by molar-refractivity contribution is 7.99. The van der Waals surface area contributed by atoms with E-state index in [4.69, 9.17) is 11.6 Å². The lowest BCUT2D eigenvalue weighted by atomic mass is 9.87. The monoisotopic (exact) mass is 359 g/mol. The highest BCUT2D eigenvalue weighted by Gasteiger charge is 2.16. The first-order chi connectivity index (χ1) is 11.2. The van der Waals surface area contributed by atoms with Gasteiger partial charge in [0.2, 0.25) is 0 Å². The largest absolute Gasteiger partial charge is 0.477 e. The molecular weight excluding hydrogens is 342 g/mol. The van der Waals surface area contributed by atoms with Gasteiger partial charge in [-0.3, -0.25) is 0 Å². The summed E-state index contributed by atoms with van der Waals surface area (Å²) in [6.45, 7) is 6.54. The normalized spacial score (nSPS) is 11.8. The minimum absolute atomic E-state index is 0.0742. The van der Waals surface area contributed by atoms with Crippen LogP contribution in [-0.4, -0.2) is 16.1 Å². The summed E-state index contributed by atoms with van der Waals surface area (Å²) in [7, 11) is 0. The van der Waals surface area contributed by atoms with Gasteiger partial charge in [0.15, 0.2) is 0 Å². The van der Waals surface area contributed by atoms with Gasteiger partial charge in [0.25, 0.3) is 0 Å². The number of aromatic nitrogens is 1. The number of fused-ring (bicyclic) bond motifs is 1. The fraction of sp³-hybridized carbons (Fsp3) is 0.211. The number of hydrogen-bond donors (Lipinski definition) is 2. The first-order valence-electron chi connectivity index (χ1n) is 7.58. The van der Waals surface area contributed by atoms with Crippen LogP contribution in [-0.2, 0) is 5.41 Å². The van der Waals surface area contributed by atoms with Gasteiger partial charge in [-0.25, -0.2) is 4.79 Å². The number of carboxylic acid groups (broad SMARTS) is 1. The molecule has 0 aliphatic rings. The van der Waals surface area contributed by atoms with Crippen LogP contribution in [0.5, 0.6) is 0 Å². The SMILES string of the molecule is CC(C)(C)c1cccc(Sc2cc(Cl)cc3[nH]c(C(=O)O)cc23)c1. The summed E-state index contributed by atoms with van der Waals surface area (Å²) in [6.07, 6.45) is 0. The van der Waals surface area contributed by atoms with E-state index in [1.165, 1.54) is 5.56 Å². The standard InChI is InChI=1S/C19H18ClNO2S/c1-19(2,3)11-5-4-6-13(7-11)24-17-9-12(20)8-15-14(17)10-16(21-15)18(22)23/h4-10,21H,1-3H3,(H,22,23). The van der Waals surface area contributed by atoms with Gasteiger partial charge < -0.3 is 10.1 Å². The lowest BCUT2D eigenvalue weighted by Crippen LogP contribution is -2.10. The third-order valence-corrected chi connectivity index (χ3v) is 5.09. The summed E-state index contributed by atoms with van der Waals surface area (Å²) in [5, 5.41) is 10.6. The van der Waals surface area contributed by atoms with Crippen molar-refractivity contribution in [1.29, 1.82) is 0 Å². The summed E-state index contributed by atoms with van der Waals surface area (Å²) >= 11 is 7.79. The predicted molar refractivity (Wildman–Crippen MR) is 99.5 cm³/mol. The molecular formula is C19H18ClNO2S. The number of nitrogens with one attached hydrogen (secondary N) is 1. The molecule has 2 aromatic carbocycles. The van der Waals surface area contributed by atoms with Crippen LogP contribution in [0.25, 0.3) is 10.9 Å². The molecule has 1 heterocycles. The Labute approximate surface area is 150 Å². The van der Waals surface area contributed by atoms with E-state index in [2.05, 4.69) is 44.0 Å². The minimum atomic E-state index is -0.979. The zero-order valence-electron chi connectivity index (χ0n) is 13.7. The molecule has 0 amide bonds. The van der Waals surface area contributed by atoms with Crippen molar-refractivity contribution in [3.8, 4) is 0 Å². The second-order valence-corrected chi connectivity index (χ2v) is 8.29. The molecule has 3 nitrogen and oxygen atoms in total. The van der Waals surface area contributed by atoms with Crippen LogP contribution >= 0.6 is 23.4 Å². The van der Waals surface area contributed by atoms with E-state index in [1.807, 2.05) is 12.1 Å². The van der Waals surface area contributed by atoms with Crippen LogP contribution in [0.3, 0.4) is 0 Å². The van der Waals surface area contributed by atoms with E-state index >= 15 is 0 Å². The number of aromatic amines is 1. The van der Waals surface area contributed by atoms with E-state index in [0.717, 1.165) is 20.7 Å². The molecule has 0 bridgehead atoms. The predicted octanol–water partition coefficient (Wildman–Crippen LogP) is 5.97. The Balaban J connectivity index is 2.05. The molecule has 0 spiro atoms. The van der Waals surface area contributed by atoms with Crippen molar-refractivity contribution in [1.82, 2.24) is 4.98 Å². The van der Waals surface area contributed by atoms with Gasteiger partial charge in [-0.2, -0.15) is 0 Å². The van der Waals surface area contributed by atoms with Gasteiger partial charge in [0.1, 0.15) is 5.69 Å². The Morgan fingerprint density at radius 2 is 1.92 bits per heavy atom. The third-order valence-electron chi connectivity index (χ3n) is 3.82. The lowest BCUT2D eigenvalue weighted by Gasteiger charge is -2.19. The van der Waals surface area contributed by atoms with Gasteiger partial charge in [-0.05, 0) is 41.3 Å². The van der Waals surface area contributed by atoms with E-state index in [1.54, 1.807) is 23.9 Å². The van der Waals surface area contributed by atoms with Crippen LogP contribution in [0.1, 0.15) is 36.8 Å². The van der Waals surface area contributed by atoms with Gasteiger partial charge in [-0.15, -0.1) is 0 Å². The van der Waals surface area contributed by atoms with Crippen LogP contribution < -0.4 is 0 Å². The number of hydrogen-bond acceptors (Lipinski definition) is 2. The zero-order chi connectivity index (χ0) is 17.5. The summed E-state index contributed by atoms with van der Waals surface area (Å²) < 4.78 is 0. The summed E-state index contributed by atoms with van der Waals surface area (Å²) in [5.74, 6) is -0.979. The maximum atomic E-state index is 11.2. The quantitative estimate of drug-likeness (QED) is 0.605. The molecule has 1 aromatic heterocycles. The lowest BCUT2D eigenvalue weighted by molar-refractivity contribution is 0.0691. The van der Waals surface area contributed by atoms with Crippen molar-refractivity contribution in [3.05, 3.63) is 58.7 Å². The van der Waals surface area contributed by atoms with Crippen molar-refractivity contribution in [2.75, 3.05) is 0 Å². The van der Waals surface area contributed by atoms with E-state index in [9.17, 15) is 9.90 Å². The van der Waals surface area contributed by atoms with E-state index in [0.29, 0.717) is 5.02 Å². The van der Waals surface area contributed by atoms with E-state index in [-0.39, 0.29) is 11.1 Å². The molecule has 0 fully saturated rings. The Hall–Kier alpha value is -1.91. The average molecular weight is 360 g/mol. The maximum absolute atomic E-state index is 11.2. The topological polar surface area (TPSA) is 53.1 Å². The van der Waals surface area contributed by atoms with Crippen molar-refractivity contribution in [3.63, 3.8) is 0 Å². The third kappa shape index (κ3) is 3.45. The highest BCUT2D eigenvalue weighted by atomic mass is 35.5. The summed E-state index contributed by atoms with van der Waals surface area (Å²) in [5.41, 5.74) is 2.23. The van der Waals surface area contributed by atoms with Crippen molar-refractivity contribution >= 4 is 40.2 Å². The molecule has 0 saturated heterocycles. The smallest absolute Gasteiger partial charge is 0.352 e. The van der Waals surface area contributed by atoms with Crippen molar-refractivity contribution < 1.29 is 9.90 Å². The number of H-pyrrole nitrogens is 1. The van der Waals surface area contributed by atoms with Gasteiger partial charge >= 0.3 is 5.97 Å². The summed E-state index contributed by atoms with van der Waals surface area (Å²) in [6, 6.07) is 13.7. The molecule has 0 aliphatic heterocycles. The minimum Gasteiger partial charge on any atom is -0.477 e. The average Bonchev–Trinajstić information content (AvgIpc) is 2.91. The molecule has 124 valence electrons. The molecule has 0 atom stereocenters. The van der Waals surface area contributed by atoms with Crippen molar-refractivity contribution in [2.45, 2.75) is 36.0 Å². The second kappa shape index (κ2) is 6.19. The number of rotatable bonds is 3.